The van der Waals surface area contributed by atoms with Crippen molar-refractivity contribution in [3.8, 4) is 17.3 Å². The normalized spacial score (nSPS) is 21.2. The molecule has 0 spiro atoms. The molecule has 0 radical (unpaired) electrons. The smallest absolute Gasteiger partial charge is 0.246 e. The zero-order chi connectivity index (χ0) is 25.4. The van der Waals surface area contributed by atoms with Crippen LogP contribution < -0.4 is 16.0 Å². The number of nitriles is 1. The molecule has 9 nitrogen and oxygen atoms in total. The van der Waals surface area contributed by atoms with Gasteiger partial charge in [-0.2, -0.15) is 5.26 Å². The Morgan fingerprint density at radius 2 is 1.97 bits per heavy atom. The lowest BCUT2D eigenvalue weighted by molar-refractivity contribution is -0.125. The fourth-order valence-corrected chi connectivity index (χ4v) is 4.94. The van der Waals surface area contributed by atoms with Crippen molar-refractivity contribution >= 4 is 29.1 Å². The molecule has 1 aliphatic heterocycles. The van der Waals surface area contributed by atoms with Crippen molar-refractivity contribution in [3.63, 3.8) is 0 Å². The molecular weight excluding hydrogens is 480 g/mol. The van der Waals surface area contributed by atoms with Crippen LogP contribution in [0.1, 0.15) is 38.5 Å². The molecular formula is C26H33ClN6O3. The third-order valence-corrected chi connectivity index (χ3v) is 7.20. The highest BCUT2D eigenvalue weighted by atomic mass is 35.5. The van der Waals surface area contributed by atoms with Crippen molar-refractivity contribution in [2.24, 2.45) is 5.41 Å². The van der Waals surface area contributed by atoms with Gasteiger partial charge in [-0.05, 0) is 56.7 Å². The number of ether oxygens (including phenoxy) is 2. The van der Waals surface area contributed by atoms with E-state index in [-0.39, 0.29) is 24.6 Å². The summed E-state index contributed by atoms with van der Waals surface area (Å²) in [7, 11) is 1.52. The van der Waals surface area contributed by atoms with E-state index in [0.717, 1.165) is 42.8 Å². The molecule has 0 atom stereocenters. The monoisotopic (exact) mass is 512 g/mol. The van der Waals surface area contributed by atoms with Crippen LogP contribution in [-0.2, 0) is 14.3 Å². The van der Waals surface area contributed by atoms with Crippen LogP contribution >= 0.6 is 11.6 Å². The van der Waals surface area contributed by atoms with Gasteiger partial charge in [0, 0.05) is 50.7 Å². The van der Waals surface area contributed by atoms with Crippen molar-refractivity contribution in [1.82, 2.24) is 15.3 Å². The number of carbonyl (C=O) groups excluding carboxylic acids is 1. The Kier molecular flexibility index (Phi) is 8.97. The van der Waals surface area contributed by atoms with Gasteiger partial charge in [0.25, 0.3) is 0 Å². The molecule has 0 aromatic carbocycles. The van der Waals surface area contributed by atoms with Gasteiger partial charge in [0.2, 0.25) is 5.91 Å². The maximum absolute atomic E-state index is 11.8. The quantitative estimate of drug-likeness (QED) is 0.460. The Balaban J connectivity index is 1.38. The van der Waals surface area contributed by atoms with Gasteiger partial charge in [-0.3, -0.25) is 4.79 Å². The van der Waals surface area contributed by atoms with Crippen molar-refractivity contribution in [1.29, 1.82) is 5.26 Å². The summed E-state index contributed by atoms with van der Waals surface area (Å²) in [4.78, 5) is 21.0. The molecule has 2 fully saturated rings. The number of hydrogen-bond acceptors (Lipinski definition) is 8. The fraction of sp³-hybridized carbons (Fsp3) is 0.538. The van der Waals surface area contributed by atoms with Crippen LogP contribution in [0.2, 0.25) is 5.02 Å². The molecule has 0 bridgehead atoms. The van der Waals surface area contributed by atoms with Crippen LogP contribution in [0.3, 0.4) is 0 Å². The van der Waals surface area contributed by atoms with Gasteiger partial charge < -0.3 is 25.4 Å². The summed E-state index contributed by atoms with van der Waals surface area (Å²) in [5, 5.41) is 20.1. The summed E-state index contributed by atoms with van der Waals surface area (Å²) in [6, 6.07) is 10.6. The first kappa shape index (κ1) is 26.1. The number of pyridine rings is 2. The average molecular weight is 513 g/mol. The predicted octanol–water partition coefficient (Wildman–Crippen LogP) is 4.01. The summed E-state index contributed by atoms with van der Waals surface area (Å²) in [6.45, 7) is 1.83. The van der Waals surface area contributed by atoms with E-state index in [1.807, 2.05) is 24.3 Å². The zero-order valence-corrected chi connectivity index (χ0v) is 21.3. The number of carbonyl (C=O) groups is 1. The number of hydrogen-bond donors (Lipinski definition) is 3. The lowest BCUT2D eigenvalue weighted by atomic mass is 9.82. The summed E-state index contributed by atoms with van der Waals surface area (Å²) < 4.78 is 10.3. The Labute approximate surface area is 216 Å². The SMILES string of the molecule is COCC(=O)N[C@H]1CC[C@H](Nc2cc(-c3cccc(NCC4(C#N)CCOCC4)n3)c(Cl)cn2)CC1. The van der Waals surface area contributed by atoms with E-state index < -0.39 is 5.41 Å². The number of aromatic nitrogens is 2. The lowest BCUT2D eigenvalue weighted by Crippen LogP contribution is -2.41. The van der Waals surface area contributed by atoms with Gasteiger partial charge >= 0.3 is 0 Å². The Morgan fingerprint density at radius 3 is 2.69 bits per heavy atom. The second-order valence-electron chi connectivity index (χ2n) is 9.51. The molecule has 3 N–H and O–H groups in total. The largest absolute Gasteiger partial charge is 0.381 e. The fourth-order valence-electron chi connectivity index (χ4n) is 4.74. The molecule has 1 saturated heterocycles. The Hall–Kier alpha value is -2.93. The summed E-state index contributed by atoms with van der Waals surface area (Å²) in [6.07, 6.45) is 6.73. The number of rotatable bonds is 9. The highest BCUT2D eigenvalue weighted by Crippen LogP contribution is 2.32. The third kappa shape index (κ3) is 6.84. The first-order valence-electron chi connectivity index (χ1n) is 12.4. The number of nitrogens with one attached hydrogen (secondary N) is 3. The number of nitrogens with zero attached hydrogens (tertiary/aromatic N) is 3. The molecule has 3 heterocycles. The molecule has 2 aromatic rings. The van der Waals surface area contributed by atoms with Gasteiger partial charge in [-0.25, -0.2) is 9.97 Å². The Bertz CT molecular complexity index is 1080. The van der Waals surface area contributed by atoms with Crippen LogP contribution in [0.15, 0.2) is 30.5 Å². The summed E-state index contributed by atoms with van der Waals surface area (Å²) in [5.41, 5.74) is 1.09. The van der Waals surface area contributed by atoms with Crippen LogP contribution in [-0.4, -0.2) is 61.4 Å². The molecule has 36 heavy (non-hydrogen) atoms. The standard InChI is InChI=1S/C26H33ClN6O3/c1-35-15-25(34)32-19-7-5-18(6-8-19)31-24-13-20(21(27)14-29-24)22-3-2-4-23(33-22)30-17-26(16-28)9-11-36-12-10-26/h2-4,13-14,18-19H,5-12,15,17H2,1H3,(H,29,31)(H,30,33)(H,32,34)/t18-,19-. The highest BCUT2D eigenvalue weighted by molar-refractivity contribution is 6.33. The topological polar surface area (TPSA) is 121 Å². The zero-order valence-electron chi connectivity index (χ0n) is 20.6. The molecule has 0 unspecified atom stereocenters. The van der Waals surface area contributed by atoms with Crippen LogP contribution in [0.25, 0.3) is 11.3 Å². The number of amides is 1. The molecule has 192 valence electrons. The van der Waals surface area contributed by atoms with Crippen LogP contribution in [0.5, 0.6) is 0 Å². The lowest BCUT2D eigenvalue weighted by Gasteiger charge is -2.30. The minimum absolute atomic E-state index is 0.0716. The Morgan fingerprint density at radius 1 is 1.22 bits per heavy atom. The number of anilines is 2. The third-order valence-electron chi connectivity index (χ3n) is 6.90. The van der Waals surface area contributed by atoms with Crippen molar-refractivity contribution < 1.29 is 14.3 Å². The van der Waals surface area contributed by atoms with E-state index in [4.69, 9.17) is 26.1 Å². The molecule has 4 rings (SSSR count). The van der Waals surface area contributed by atoms with Gasteiger partial charge in [-0.15, -0.1) is 0 Å². The predicted molar refractivity (Wildman–Crippen MR) is 139 cm³/mol. The van der Waals surface area contributed by atoms with E-state index >= 15 is 0 Å². The highest BCUT2D eigenvalue weighted by Gasteiger charge is 2.32. The first-order valence-corrected chi connectivity index (χ1v) is 12.8. The van der Waals surface area contributed by atoms with E-state index in [1.165, 1.54) is 7.11 Å². The molecule has 10 heteroatoms. The molecule has 2 aliphatic rings. The molecule has 1 amide bonds. The van der Waals surface area contributed by atoms with Crippen molar-refractivity contribution in [2.45, 2.75) is 50.6 Å². The van der Waals surface area contributed by atoms with Crippen LogP contribution in [0, 0.1) is 16.7 Å². The van der Waals surface area contributed by atoms with E-state index in [1.54, 1.807) is 6.20 Å². The van der Waals surface area contributed by atoms with Gasteiger partial charge in [0.1, 0.15) is 18.2 Å². The minimum Gasteiger partial charge on any atom is -0.381 e. The average Bonchev–Trinajstić information content (AvgIpc) is 2.90. The molecule has 2 aromatic heterocycles. The second-order valence-corrected chi connectivity index (χ2v) is 9.92. The maximum Gasteiger partial charge on any atom is 0.246 e. The minimum atomic E-state index is -0.438. The van der Waals surface area contributed by atoms with E-state index in [9.17, 15) is 10.1 Å². The first-order chi connectivity index (χ1) is 17.5. The molecule has 1 aliphatic carbocycles. The number of methoxy groups -OCH3 is 1. The maximum atomic E-state index is 11.8. The van der Waals surface area contributed by atoms with Crippen LogP contribution in [0.4, 0.5) is 11.6 Å². The van der Waals surface area contributed by atoms with Gasteiger partial charge in [-0.1, -0.05) is 17.7 Å². The van der Waals surface area contributed by atoms with E-state index in [2.05, 4.69) is 27.0 Å². The van der Waals surface area contributed by atoms with Gasteiger partial charge in [0.15, 0.2) is 0 Å². The summed E-state index contributed by atoms with van der Waals surface area (Å²) >= 11 is 6.50. The second kappa shape index (κ2) is 12.3. The van der Waals surface area contributed by atoms with Crippen molar-refractivity contribution in [2.75, 3.05) is 44.1 Å². The van der Waals surface area contributed by atoms with Crippen molar-refractivity contribution in [3.05, 3.63) is 35.5 Å². The number of halogens is 1. The van der Waals surface area contributed by atoms with Gasteiger partial charge in [0.05, 0.1) is 22.2 Å². The van der Waals surface area contributed by atoms with E-state index in [0.29, 0.717) is 43.4 Å². The summed E-state index contributed by atoms with van der Waals surface area (Å²) in [5.74, 6) is 1.37. The molecule has 1 saturated carbocycles.